The van der Waals surface area contributed by atoms with Crippen molar-refractivity contribution in [3.05, 3.63) is 23.8 Å². The summed E-state index contributed by atoms with van der Waals surface area (Å²) in [6, 6.07) is 5.29. The highest BCUT2D eigenvalue weighted by molar-refractivity contribution is 5.87. The Hall–Kier alpha value is -1.71. The summed E-state index contributed by atoms with van der Waals surface area (Å²) in [6.45, 7) is 11.4. The standard InChI is InChI=1S/C15H23NO3/c1-14(2,3)10-8-7-9-11(12(10)17)16-13(18)19-15(4,5)6/h7-9,17H,1-6H3,(H,16,18). The Labute approximate surface area is 114 Å². The molecule has 2 N–H and O–H groups in total. The molecular formula is C15H23NO3. The number of carbonyl (C=O) groups is 1. The monoisotopic (exact) mass is 265 g/mol. The van der Waals surface area contributed by atoms with Gasteiger partial charge in [-0.25, -0.2) is 4.79 Å². The quantitative estimate of drug-likeness (QED) is 0.753. The van der Waals surface area contributed by atoms with Gasteiger partial charge in [-0.05, 0) is 32.3 Å². The highest BCUT2D eigenvalue weighted by Gasteiger charge is 2.22. The third kappa shape index (κ3) is 4.47. The number of nitrogens with one attached hydrogen (secondary N) is 1. The van der Waals surface area contributed by atoms with Gasteiger partial charge in [-0.15, -0.1) is 0 Å². The molecule has 0 aliphatic heterocycles. The van der Waals surface area contributed by atoms with Crippen LogP contribution in [0.15, 0.2) is 18.2 Å². The number of benzene rings is 1. The van der Waals surface area contributed by atoms with Crippen molar-refractivity contribution in [2.75, 3.05) is 5.32 Å². The maximum atomic E-state index is 11.7. The van der Waals surface area contributed by atoms with Gasteiger partial charge in [-0.3, -0.25) is 5.32 Å². The van der Waals surface area contributed by atoms with Gasteiger partial charge >= 0.3 is 6.09 Å². The number of rotatable bonds is 1. The van der Waals surface area contributed by atoms with E-state index in [0.29, 0.717) is 5.69 Å². The Morgan fingerprint density at radius 3 is 2.21 bits per heavy atom. The van der Waals surface area contributed by atoms with Crippen molar-refractivity contribution in [2.24, 2.45) is 0 Å². The van der Waals surface area contributed by atoms with Crippen molar-refractivity contribution in [1.29, 1.82) is 0 Å². The molecule has 4 nitrogen and oxygen atoms in total. The third-order valence-electron chi connectivity index (χ3n) is 2.48. The fourth-order valence-corrected chi connectivity index (χ4v) is 1.66. The first-order valence-electron chi connectivity index (χ1n) is 6.33. The van der Waals surface area contributed by atoms with Gasteiger partial charge in [0, 0.05) is 5.56 Å². The molecule has 0 radical (unpaired) electrons. The molecule has 1 rings (SSSR count). The largest absolute Gasteiger partial charge is 0.505 e. The second-order valence-corrected chi connectivity index (χ2v) is 6.58. The van der Waals surface area contributed by atoms with Crippen molar-refractivity contribution in [1.82, 2.24) is 0 Å². The third-order valence-corrected chi connectivity index (χ3v) is 2.48. The van der Waals surface area contributed by atoms with Gasteiger partial charge in [0.2, 0.25) is 0 Å². The maximum Gasteiger partial charge on any atom is 0.412 e. The number of anilines is 1. The fraction of sp³-hybridized carbons (Fsp3) is 0.533. The second-order valence-electron chi connectivity index (χ2n) is 6.58. The Balaban J connectivity index is 2.95. The second kappa shape index (κ2) is 5.11. The predicted octanol–water partition coefficient (Wildman–Crippen LogP) is 4.04. The summed E-state index contributed by atoms with van der Waals surface area (Å²) in [6.07, 6.45) is -0.575. The predicted molar refractivity (Wildman–Crippen MR) is 76.7 cm³/mol. The lowest BCUT2D eigenvalue weighted by Gasteiger charge is -2.23. The Bertz CT molecular complexity index is 467. The van der Waals surface area contributed by atoms with Crippen molar-refractivity contribution in [3.63, 3.8) is 0 Å². The van der Waals surface area contributed by atoms with Crippen LogP contribution in [-0.4, -0.2) is 16.8 Å². The lowest BCUT2D eigenvalue weighted by molar-refractivity contribution is 0.0635. The molecule has 4 heteroatoms. The van der Waals surface area contributed by atoms with Gasteiger partial charge in [0.15, 0.2) is 0 Å². The number of ether oxygens (including phenoxy) is 1. The van der Waals surface area contributed by atoms with Crippen LogP contribution in [0.5, 0.6) is 5.75 Å². The number of aromatic hydroxyl groups is 1. The molecule has 1 aromatic carbocycles. The zero-order valence-electron chi connectivity index (χ0n) is 12.5. The highest BCUT2D eigenvalue weighted by atomic mass is 16.6. The van der Waals surface area contributed by atoms with Crippen LogP contribution in [0.1, 0.15) is 47.1 Å². The topological polar surface area (TPSA) is 58.6 Å². The number of phenols is 1. The number of carbonyl (C=O) groups excluding carboxylic acids is 1. The van der Waals surface area contributed by atoms with E-state index in [1.807, 2.05) is 26.8 Å². The molecule has 0 aliphatic rings. The molecule has 0 saturated carbocycles. The summed E-state index contributed by atoms with van der Waals surface area (Å²) in [5.74, 6) is 0.0841. The molecular weight excluding hydrogens is 242 g/mol. The summed E-state index contributed by atoms with van der Waals surface area (Å²) in [7, 11) is 0. The van der Waals surface area contributed by atoms with E-state index >= 15 is 0 Å². The summed E-state index contributed by atoms with van der Waals surface area (Å²) in [5, 5.41) is 12.8. The lowest BCUT2D eigenvalue weighted by Crippen LogP contribution is -2.27. The fourth-order valence-electron chi connectivity index (χ4n) is 1.66. The summed E-state index contributed by atoms with van der Waals surface area (Å²) >= 11 is 0. The summed E-state index contributed by atoms with van der Waals surface area (Å²) < 4.78 is 5.16. The number of hydrogen-bond acceptors (Lipinski definition) is 3. The minimum absolute atomic E-state index is 0.0841. The van der Waals surface area contributed by atoms with E-state index in [0.717, 1.165) is 5.56 Å². The van der Waals surface area contributed by atoms with Crippen LogP contribution >= 0.6 is 0 Å². The molecule has 19 heavy (non-hydrogen) atoms. The van der Waals surface area contributed by atoms with Crippen LogP contribution in [0, 0.1) is 0 Å². The van der Waals surface area contributed by atoms with Crippen LogP contribution in [0.25, 0.3) is 0 Å². The number of hydrogen-bond donors (Lipinski definition) is 2. The minimum Gasteiger partial charge on any atom is -0.505 e. The molecule has 0 unspecified atom stereocenters. The van der Waals surface area contributed by atoms with E-state index in [9.17, 15) is 9.90 Å². The van der Waals surface area contributed by atoms with Crippen LogP contribution in [-0.2, 0) is 10.2 Å². The SMILES string of the molecule is CC(C)(C)OC(=O)Nc1cccc(C(C)(C)C)c1O. The molecule has 106 valence electrons. The molecule has 0 bridgehead atoms. The maximum absolute atomic E-state index is 11.7. The van der Waals surface area contributed by atoms with E-state index in [1.165, 1.54) is 0 Å². The first kappa shape index (κ1) is 15.3. The summed E-state index contributed by atoms with van der Waals surface area (Å²) in [5.41, 5.74) is 0.375. The summed E-state index contributed by atoms with van der Waals surface area (Å²) in [4.78, 5) is 11.7. The molecule has 0 atom stereocenters. The van der Waals surface area contributed by atoms with E-state index in [-0.39, 0.29) is 11.2 Å². The van der Waals surface area contributed by atoms with Gasteiger partial charge in [0.25, 0.3) is 0 Å². The van der Waals surface area contributed by atoms with Gasteiger partial charge in [0.05, 0.1) is 5.69 Å². The number of amides is 1. The van der Waals surface area contributed by atoms with Gasteiger partial charge < -0.3 is 9.84 Å². The van der Waals surface area contributed by atoms with Crippen molar-refractivity contribution in [2.45, 2.75) is 52.6 Å². The highest BCUT2D eigenvalue weighted by Crippen LogP contribution is 2.35. The molecule has 0 fully saturated rings. The first-order valence-corrected chi connectivity index (χ1v) is 6.33. The Kier molecular flexibility index (Phi) is 4.13. The van der Waals surface area contributed by atoms with Gasteiger partial charge in [0.1, 0.15) is 11.4 Å². The van der Waals surface area contributed by atoms with Crippen LogP contribution in [0.3, 0.4) is 0 Å². The van der Waals surface area contributed by atoms with Crippen LogP contribution in [0.2, 0.25) is 0 Å². The van der Waals surface area contributed by atoms with Crippen LogP contribution in [0.4, 0.5) is 10.5 Å². The van der Waals surface area contributed by atoms with E-state index in [2.05, 4.69) is 5.32 Å². The normalized spacial score (nSPS) is 12.1. The number of para-hydroxylation sites is 1. The van der Waals surface area contributed by atoms with Gasteiger partial charge in [-0.2, -0.15) is 0 Å². The molecule has 1 aromatic rings. The molecule has 0 aliphatic carbocycles. The molecule has 1 amide bonds. The Morgan fingerprint density at radius 1 is 1.16 bits per heavy atom. The average molecular weight is 265 g/mol. The molecule has 0 spiro atoms. The van der Waals surface area contributed by atoms with Crippen molar-refractivity contribution < 1.29 is 14.6 Å². The lowest BCUT2D eigenvalue weighted by atomic mass is 9.86. The van der Waals surface area contributed by atoms with Crippen molar-refractivity contribution >= 4 is 11.8 Å². The molecule has 0 aromatic heterocycles. The molecule has 0 heterocycles. The van der Waals surface area contributed by atoms with E-state index < -0.39 is 11.7 Å². The minimum atomic E-state index is -0.575. The van der Waals surface area contributed by atoms with E-state index in [4.69, 9.17) is 4.74 Å². The van der Waals surface area contributed by atoms with Crippen molar-refractivity contribution in [3.8, 4) is 5.75 Å². The van der Waals surface area contributed by atoms with Crippen LogP contribution < -0.4 is 5.32 Å². The average Bonchev–Trinajstić information content (AvgIpc) is 2.16. The smallest absolute Gasteiger partial charge is 0.412 e. The van der Waals surface area contributed by atoms with E-state index in [1.54, 1.807) is 32.9 Å². The zero-order chi connectivity index (χ0) is 14.8. The zero-order valence-corrected chi connectivity index (χ0v) is 12.5. The Morgan fingerprint density at radius 2 is 1.74 bits per heavy atom. The number of phenolic OH excluding ortho intramolecular Hbond substituents is 1. The molecule has 0 saturated heterocycles. The van der Waals surface area contributed by atoms with Gasteiger partial charge in [-0.1, -0.05) is 32.9 Å². The first-order chi connectivity index (χ1) is 8.50.